The van der Waals surface area contributed by atoms with E-state index in [4.69, 9.17) is 9.15 Å². The largest absolute Gasteiger partial charge is 0.460 e. The van der Waals surface area contributed by atoms with E-state index in [9.17, 15) is 9.18 Å². The molecule has 1 unspecified atom stereocenters. The van der Waals surface area contributed by atoms with E-state index in [1.807, 2.05) is 49.4 Å². The fourth-order valence-electron chi connectivity index (χ4n) is 4.31. The summed E-state index contributed by atoms with van der Waals surface area (Å²) >= 11 is 0. The summed E-state index contributed by atoms with van der Waals surface area (Å²) in [5.74, 6) is 0.733. The summed E-state index contributed by atoms with van der Waals surface area (Å²) in [6.07, 6.45) is 1.72. The van der Waals surface area contributed by atoms with Gasteiger partial charge < -0.3 is 14.5 Å². The molecule has 1 aliphatic rings. The maximum Gasteiger partial charge on any atom is 0.255 e. The van der Waals surface area contributed by atoms with Gasteiger partial charge in [-0.05, 0) is 48.9 Å². The lowest BCUT2D eigenvalue weighted by molar-refractivity contribution is 0.0162. The molecule has 35 heavy (non-hydrogen) atoms. The maximum absolute atomic E-state index is 13.6. The number of nitrogens with one attached hydrogen (secondary N) is 1. The SMILES string of the molecule is Cc1ccc(-c2nn(-c3ccccc3)cc2C(=O)NCC(c2ccc(F)cc2)N2CCOCC2)o1. The molecule has 180 valence electrons. The molecule has 2 aromatic carbocycles. The van der Waals surface area contributed by atoms with Crippen LogP contribution in [0.5, 0.6) is 0 Å². The molecule has 0 spiro atoms. The highest BCUT2D eigenvalue weighted by Gasteiger charge is 2.26. The number of furan rings is 1. The second-order valence-electron chi connectivity index (χ2n) is 8.51. The minimum absolute atomic E-state index is 0.109. The third-order valence-electron chi connectivity index (χ3n) is 6.15. The van der Waals surface area contributed by atoms with Gasteiger partial charge in [0.15, 0.2) is 5.76 Å². The Morgan fingerprint density at radius 1 is 1.06 bits per heavy atom. The Kier molecular flexibility index (Phi) is 6.74. The van der Waals surface area contributed by atoms with Gasteiger partial charge in [0.2, 0.25) is 0 Å². The van der Waals surface area contributed by atoms with Crippen LogP contribution in [0.15, 0.2) is 77.3 Å². The molecular formula is C27H27FN4O3. The number of carbonyl (C=O) groups is 1. The van der Waals surface area contributed by atoms with Gasteiger partial charge >= 0.3 is 0 Å². The number of para-hydroxylation sites is 1. The fraction of sp³-hybridized carbons (Fsp3) is 0.259. The number of ether oxygens (including phenoxy) is 1. The fourth-order valence-corrected chi connectivity index (χ4v) is 4.31. The molecular weight excluding hydrogens is 447 g/mol. The summed E-state index contributed by atoms with van der Waals surface area (Å²) in [6.45, 7) is 4.93. The van der Waals surface area contributed by atoms with Crippen molar-refractivity contribution in [2.75, 3.05) is 32.8 Å². The van der Waals surface area contributed by atoms with Gasteiger partial charge in [-0.1, -0.05) is 30.3 Å². The first-order chi connectivity index (χ1) is 17.1. The van der Waals surface area contributed by atoms with Gasteiger partial charge in [-0.25, -0.2) is 9.07 Å². The molecule has 1 atom stereocenters. The Morgan fingerprint density at radius 3 is 2.49 bits per heavy atom. The van der Waals surface area contributed by atoms with Gasteiger partial charge in [0.05, 0.1) is 30.5 Å². The zero-order valence-electron chi connectivity index (χ0n) is 19.5. The van der Waals surface area contributed by atoms with Crippen LogP contribution in [-0.2, 0) is 4.74 Å². The molecule has 0 aliphatic carbocycles. The van der Waals surface area contributed by atoms with Gasteiger partial charge in [0.25, 0.3) is 5.91 Å². The number of rotatable bonds is 7. The first-order valence-electron chi connectivity index (χ1n) is 11.7. The van der Waals surface area contributed by atoms with Crippen molar-refractivity contribution >= 4 is 5.91 Å². The van der Waals surface area contributed by atoms with Crippen LogP contribution >= 0.6 is 0 Å². The topological polar surface area (TPSA) is 72.5 Å². The third kappa shape index (κ3) is 5.18. The van der Waals surface area contributed by atoms with E-state index < -0.39 is 0 Å². The van der Waals surface area contributed by atoms with Crippen molar-refractivity contribution in [3.63, 3.8) is 0 Å². The lowest BCUT2D eigenvalue weighted by atomic mass is 10.0. The van der Waals surface area contributed by atoms with Crippen molar-refractivity contribution in [3.8, 4) is 17.1 Å². The lowest BCUT2D eigenvalue weighted by Gasteiger charge is -2.35. The summed E-state index contributed by atoms with van der Waals surface area (Å²) in [5.41, 5.74) is 2.68. The number of benzene rings is 2. The van der Waals surface area contributed by atoms with Crippen LogP contribution in [0.2, 0.25) is 0 Å². The van der Waals surface area contributed by atoms with Crippen LogP contribution in [-0.4, -0.2) is 53.4 Å². The van der Waals surface area contributed by atoms with E-state index in [-0.39, 0.29) is 17.8 Å². The van der Waals surface area contributed by atoms with Crippen LogP contribution in [0.1, 0.15) is 27.7 Å². The number of hydrogen-bond donors (Lipinski definition) is 1. The van der Waals surface area contributed by atoms with Gasteiger partial charge in [0, 0.05) is 25.8 Å². The van der Waals surface area contributed by atoms with Gasteiger partial charge in [-0.2, -0.15) is 5.10 Å². The lowest BCUT2D eigenvalue weighted by Crippen LogP contribution is -2.43. The Labute approximate surface area is 203 Å². The number of amides is 1. The van der Waals surface area contributed by atoms with E-state index in [1.165, 1.54) is 12.1 Å². The summed E-state index contributed by atoms with van der Waals surface area (Å²) in [7, 11) is 0. The summed E-state index contributed by atoms with van der Waals surface area (Å²) in [6, 6.07) is 19.6. The number of morpholine rings is 1. The first kappa shape index (κ1) is 23.0. The number of halogens is 1. The second-order valence-corrected chi connectivity index (χ2v) is 8.51. The Bertz CT molecular complexity index is 1280. The first-order valence-corrected chi connectivity index (χ1v) is 11.7. The highest BCUT2D eigenvalue weighted by atomic mass is 19.1. The molecule has 1 fully saturated rings. The summed E-state index contributed by atoms with van der Waals surface area (Å²) in [4.78, 5) is 15.7. The van der Waals surface area contributed by atoms with Crippen LogP contribution < -0.4 is 5.32 Å². The quantitative estimate of drug-likeness (QED) is 0.430. The van der Waals surface area contributed by atoms with Crippen molar-refractivity contribution in [1.29, 1.82) is 0 Å². The van der Waals surface area contributed by atoms with E-state index in [0.29, 0.717) is 36.8 Å². The van der Waals surface area contributed by atoms with E-state index in [1.54, 1.807) is 23.0 Å². The molecule has 0 bridgehead atoms. The smallest absolute Gasteiger partial charge is 0.255 e. The Balaban J connectivity index is 1.42. The molecule has 0 radical (unpaired) electrons. The molecule has 3 heterocycles. The van der Waals surface area contributed by atoms with Crippen LogP contribution in [0.4, 0.5) is 4.39 Å². The average molecular weight is 475 g/mol. The molecule has 2 aromatic heterocycles. The highest BCUT2D eigenvalue weighted by molar-refractivity contribution is 5.99. The predicted octanol–water partition coefficient (Wildman–Crippen LogP) is 4.38. The zero-order chi connectivity index (χ0) is 24.2. The van der Waals surface area contributed by atoms with Crippen molar-refractivity contribution in [3.05, 3.63) is 95.6 Å². The number of aromatic nitrogens is 2. The molecule has 8 heteroatoms. The normalized spacial score (nSPS) is 15.1. The number of aryl methyl sites for hydroxylation is 1. The maximum atomic E-state index is 13.6. The van der Waals surface area contributed by atoms with Crippen LogP contribution in [0.3, 0.4) is 0 Å². The van der Waals surface area contributed by atoms with Crippen molar-refractivity contribution in [2.24, 2.45) is 0 Å². The zero-order valence-corrected chi connectivity index (χ0v) is 19.5. The Morgan fingerprint density at radius 2 is 1.80 bits per heavy atom. The Hall–Kier alpha value is -3.75. The van der Waals surface area contributed by atoms with Crippen molar-refractivity contribution in [1.82, 2.24) is 20.0 Å². The minimum Gasteiger partial charge on any atom is -0.460 e. The van der Waals surface area contributed by atoms with Crippen LogP contribution in [0.25, 0.3) is 17.1 Å². The second kappa shape index (κ2) is 10.2. The summed E-state index contributed by atoms with van der Waals surface area (Å²) in [5, 5.41) is 7.74. The predicted molar refractivity (Wildman–Crippen MR) is 130 cm³/mol. The number of nitrogens with zero attached hydrogens (tertiary/aromatic N) is 3. The standard InChI is InChI=1S/C27H27FN4O3/c1-19-7-12-25(35-19)26-23(18-32(30-26)22-5-3-2-4-6-22)27(33)29-17-24(31-13-15-34-16-14-31)20-8-10-21(28)11-9-20/h2-12,18,24H,13-17H2,1H3,(H,29,33). The molecule has 4 aromatic rings. The average Bonchev–Trinajstić information content (AvgIpc) is 3.53. The third-order valence-corrected chi connectivity index (χ3v) is 6.15. The highest BCUT2D eigenvalue weighted by Crippen LogP contribution is 2.27. The van der Waals surface area contributed by atoms with E-state index in [0.717, 1.165) is 30.1 Å². The van der Waals surface area contributed by atoms with Gasteiger partial charge in [-0.3, -0.25) is 9.69 Å². The minimum atomic E-state index is -0.287. The van der Waals surface area contributed by atoms with Crippen molar-refractivity contribution in [2.45, 2.75) is 13.0 Å². The monoisotopic (exact) mass is 474 g/mol. The van der Waals surface area contributed by atoms with Gasteiger partial charge in [0.1, 0.15) is 17.3 Å². The number of hydrogen-bond acceptors (Lipinski definition) is 5. The van der Waals surface area contributed by atoms with Crippen molar-refractivity contribution < 1.29 is 18.3 Å². The molecule has 5 rings (SSSR count). The molecule has 1 saturated heterocycles. The molecule has 1 amide bonds. The molecule has 1 N–H and O–H groups in total. The van der Waals surface area contributed by atoms with E-state index in [2.05, 4.69) is 15.3 Å². The van der Waals surface area contributed by atoms with E-state index >= 15 is 0 Å². The van der Waals surface area contributed by atoms with Crippen LogP contribution in [0, 0.1) is 12.7 Å². The molecule has 7 nitrogen and oxygen atoms in total. The number of carbonyl (C=O) groups excluding carboxylic acids is 1. The summed E-state index contributed by atoms with van der Waals surface area (Å²) < 4.78 is 26.5. The molecule has 1 aliphatic heterocycles. The van der Waals surface area contributed by atoms with Gasteiger partial charge in [-0.15, -0.1) is 0 Å². The molecule has 0 saturated carbocycles.